The van der Waals surface area contributed by atoms with E-state index in [4.69, 9.17) is 4.74 Å². The van der Waals surface area contributed by atoms with Gasteiger partial charge >= 0.3 is 21.1 Å². The molecule has 0 saturated carbocycles. The molecule has 0 aliphatic carbocycles. The molecule has 3 heterocycles. The Morgan fingerprint density at radius 2 is 1.73 bits per heavy atom. The molecule has 220 valence electrons. The topological polar surface area (TPSA) is 44.9 Å². The van der Waals surface area contributed by atoms with Gasteiger partial charge in [0.2, 0.25) is 0 Å². The van der Waals surface area contributed by atoms with Crippen LogP contribution < -0.4 is 4.74 Å². The largest absolute Gasteiger partial charge is 2.00 e. The molecule has 0 N–H and O–H groups in total. The fourth-order valence-electron chi connectivity index (χ4n) is 5.74. The van der Waals surface area contributed by atoms with E-state index in [1.165, 1.54) is 35.0 Å². The number of nitrogens with zero attached hydrogens (tertiary/aromatic N) is 4. The minimum absolute atomic E-state index is 0. The van der Waals surface area contributed by atoms with Crippen LogP contribution in [0.1, 0.15) is 30.9 Å². The molecule has 7 rings (SSSR count). The summed E-state index contributed by atoms with van der Waals surface area (Å²) in [6.07, 6.45) is 8.79. The molecule has 0 unspecified atom stereocenters. The SMILES string of the molecule is CCCCc1cccc(C)c1-c1cnn(-c2[c-]c(Oc3[c-]c4c(cc3)c3ccccc3n4-c3cc(F)ccn3)ccc2)c1.[Pt+2]. The summed E-state index contributed by atoms with van der Waals surface area (Å²) in [6.45, 7) is 4.37. The van der Waals surface area contributed by atoms with Crippen LogP contribution >= 0.6 is 0 Å². The summed E-state index contributed by atoms with van der Waals surface area (Å²) in [4.78, 5) is 4.44. The number of halogens is 1. The Hall–Kier alpha value is -4.54. The minimum Gasteiger partial charge on any atom is -0.509 e. The summed E-state index contributed by atoms with van der Waals surface area (Å²) >= 11 is 0. The van der Waals surface area contributed by atoms with Crippen molar-refractivity contribution < 1.29 is 30.2 Å². The summed E-state index contributed by atoms with van der Waals surface area (Å²) < 4.78 is 24.2. The maximum Gasteiger partial charge on any atom is 2.00 e. The van der Waals surface area contributed by atoms with Gasteiger partial charge in [-0.1, -0.05) is 55.3 Å². The second-order valence-electron chi connectivity index (χ2n) is 10.7. The van der Waals surface area contributed by atoms with Crippen LogP contribution in [-0.2, 0) is 27.5 Å². The van der Waals surface area contributed by atoms with E-state index in [2.05, 4.69) is 60.5 Å². The summed E-state index contributed by atoms with van der Waals surface area (Å²) in [7, 11) is 0. The van der Waals surface area contributed by atoms with Crippen molar-refractivity contribution in [1.82, 2.24) is 19.3 Å². The molecule has 3 aromatic heterocycles. The van der Waals surface area contributed by atoms with Gasteiger partial charge in [0.1, 0.15) is 11.6 Å². The van der Waals surface area contributed by atoms with Crippen LogP contribution in [-0.4, -0.2) is 19.3 Å². The number of aryl methyl sites for hydroxylation is 2. The van der Waals surface area contributed by atoms with Crippen molar-refractivity contribution in [1.29, 1.82) is 0 Å². The van der Waals surface area contributed by atoms with Gasteiger partial charge in [-0.05, 0) is 59.7 Å². The van der Waals surface area contributed by atoms with Crippen LogP contribution in [0.15, 0.2) is 104 Å². The minimum atomic E-state index is -0.351. The average Bonchev–Trinajstić information content (AvgIpc) is 3.63. The molecule has 0 aliphatic rings. The van der Waals surface area contributed by atoms with Crippen molar-refractivity contribution in [2.45, 2.75) is 33.1 Å². The molecule has 0 saturated heterocycles. The van der Waals surface area contributed by atoms with E-state index in [-0.39, 0.29) is 26.9 Å². The van der Waals surface area contributed by atoms with Crippen LogP contribution in [0.3, 0.4) is 0 Å². The normalized spacial score (nSPS) is 11.2. The van der Waals surface area contributed by atoms with Gasteiger partial charge < -0.3 is 9.30 Å². The van der Waals surface area contributed by atoms with E-state index < -0.39 is 0 Å². The third-order valence-electron chi connectivity index (χ3n) is 7.74. The number of rotatable bonds is 8. The predicted molar refractivity (Wildman–Crippen MR) is 169 cm³/mol. The Morgan fingerprint density at radius 3 is 2.59 bits per heavy atom. The Bertz CT molecular complexity index is 2100. The molecule has 44 heavy (non-hydrogen) atoms. The van der Waals surface area contributed by atoms with Crippen LogP contribution in [0.25, 0.3) is 44.4 Å². The monoisotopic (exact) mass is 759 g/mol. The van der Waals surface area contributed by atoms with Gasteiger partial charge in [-0.3, -0.25) is 4.68 Å². The van der Waals surface area contributed by atoms with Gasteiger partial charge in [0.15, 0.2) is 0 Å². The van der Waals surface area contributed by atoms with E-state index in [1.54, 1.807) is 0 Å². The number of hydrogen-bond donors (Lipinski definition) is 0. The standard InChI is InChI=1S/C37H29FN4O.Pt/c1-3-4-10-26-11-7-9-25(2)37(26)27-23-40-41(24-27)29-12-8-13-30(21-29)43-31-16-17-33-32-14-5-6-15-34(32)42(35(33)22-31)36-20-28(38)18-19-39-36;/h5-9,11-20,23-24H,3-4,10H2,1-2H3;/q-2;+2. The van der Waals surface area contributed by atoms with Crippen molar-refractivity contribution in [2.24, 2.45) is 0 Å². The van der Waals surface area contributed by atoms with Crippen molar-refractivity contribution in [3.8, 4) is 34.1 Å². The number of benzene rings is 4. The number of para-hydroxylation sites is 1. The van der Waals surface area contributed by atoms with E-state index >= 15 is 0 Å². The fourth-order valence-corrected chi connectivity index (χ4v) is 5.74. The second kappa shape index (κ2) is 12.6. The van der Waals surface area contributed by atoms with Gasteiger partial charge in [-0.15, -0.1) is 35.7 Å². The van der Waals surface area contributed by atoms with Crippen LogP contribution in [0.2, 0.25) is 0 Å². The van der Waals surface area contributed by atoms with Gasteiger partial charge in [-0.25, -0.2) is 9.37 Å². The summed E-state index contributed by atoms with van der Waals surface area (Å²) in [5.74, 6) is 1.18. The van der Waals surface area contributed by atoms with Crippen LogP contribution in [0.5, 0.6) is 11.5 Å². The van der Waals surface area contributed by atoms with Gasteiger partial charge in [0, 0.05) is 41.0 Å². The zero-order chi connectivity index (χ0) is 29.3. The predicted octanol–water partition coefficient (Wildman–Crippen LogP) is 9.21. The van der Waals surface area contributed by atoms with E-state index in [0.717, 1.165) is 52.3 Å². The van der Waals surface area contributed by atoms with Crippen LogP contribution in [0, 0.1) is 24.9 Å². The Kier molecular flexibility index (Phi) is 8.45. The Morgan fingerprint density at radius 1 is 0.886 bits per heavy atom. The summed E-state index contributed by atoms with van der Waals surface area (Å²) in [5, 5.41) is 6.68. The van der Waals surface area contributed by atoms with Crippen molar-refractivity contribution in [3.63, 3.8) is 0 Å². The average molecular weight is 760 g/mol. The molecule has 0 aliphatic heterocycles. The number of unbranched alkanes of at least 4 members (excludes halogenated alkanes) is 1. The van der Waals surface area contributed by atoms with Crippen LogP contribution in [0.4, 0.5) is 4.39 Å². The van der Waals surface area contributed by atoms with E-state index in [9.17, 15) is 4.39 Å². The molecular weight excluding hydrogens is 731 g/mol. The molecule has 7 heteroatoms. The molecule has 0 fully saturated rings. The number of hydrogen-bond acceptors (Lipinski definition) is 3. The molecule has 0 amide bonds. The smallest absolute Gasteiger partial charge is 0.509 e. The molecule has 0 bridgehead atoms. The first-order valence-electron chi connectivity index (χ1n) is 14.5. The van der Waals surface area contributed by atoms with Crippen molar-refractivity contribution in [2.75, 3.05) is 0 Å². The third-order valence-corrected chi connectivity index (χ3v) is 7.74. The third kappa shape index (κ3) is 5.58. The van der Waals surface area contributed by atoms with Gasteiger partial charge in [0.05, 0.1) is 6.20 Å². The fraction of sp³-hybridized carbons (Fsp3) is 0.135. The molecular formula is C37H29FN4OPt. The van der Waals surface area contributed by atoms with E-state index in [0.29, 0.717) is 17.3 Å². The zero-order valence-corrected chi connectivity index (χ0v) is 26.6. The Labute approximate surface area is 270 Å². The molecule has 4 aromatic carbocycles. The molecule has 7 aromatic rings. The first kappa shape index (κ1) is 29.5. The number of aromatic nitrogens is 4. The van der Waals surface area contributed by atoms with Gasteiger partial charge in [0.25, 0.3) is 0 Å². The first-order valence-corrected chi connectivity index (χ1v) is 14.5. The van der Waals surface area contributed by atoms with Crippen molar-refractivity contribution >= 4 is 21.8 Å². The summed E-state index contributed by atoms with van der Waals surface area (Å²) in [6, 6.07) is 33.6. The Balaban J connectivity index is 0.00000343. The number of fused-ring (bicyclic) bond motifs is 3. The van der Waals surface area contributed by atoms with Crippen molar-refractivity contribution in [3.05, 3.63) is 133 Å². The van der Waals surface area contributed by atoms with Gasteiger partial charge in [-0.2, -0.15) is 17.2 Å². The molecule has 5 nitrogen and oxygen atoms in total. The molecule has 0 spiro atoms. The maximum absolute atomic E-state index is 14.2. The van der Waals surface area contributed by atoms with E-state index in [1.807, 2.05) is 70.0 Å². The second-order valence-corrected chi connectivity index (χ2v) is 10.7. The maximum atomic E-state index is 14.2. The molecule has 0 atom stereocenters. The quantitative estimate of drug-likeness (QED) is 0.145. The number of ether oxygens (including phenoxy) is 1. The number of pyridine rings is 1. The summed E-state index contributed by atoms with van der Waals surface area (Å²) in [5.41, 5.74) is 7.36. The molecule has 0 radical (unpaired) electrons. The first-order chi connectivity index (χ1) is 21.1. The zero-order valence-electron chi connectivity index (χ0n) is 24.3.